The van der Waals surface area contributed by atoms with Crippen LogP contribution in [-0.2, 0) is 21.3 Å². The molecule has 4 heterocycles. The lowest BCUT2D eigenvalue weighted by molar-refractivity contribution is 0.0957. The molecule has 2 aliphatic rings. The predicted octanol–water partition coefficient (Wildman–Crippen LogP) is 3.44. The summed E-state index contributed by atoms with van der Waals surface area (Å²) < 4.78 is 34.6. The van der Waals surface area contributed by atoms with Crippen LogP contribution >= 0.6 is 11.8 Å². The van der Waals surface area contributed by atoms with E-state index in [9.17, 15) is 13.2 Å². The van der Waals surface area contributed by atoms with Crippen LogP contribution in [0.1, 0.15) is 47.4 Å². The average molecular weight is 464 g/mol. The zero-order valence-electron chi connectivity index (χ0n) is 18.0. The summed E-state index contributed by atoms with van der Waals surface area (Å²) in [5, 5.41) is 0.641. The van der Waals surface area contributed by atoms with Gasteiger partial charge in [0, 0.05) is 49.4 Å². The van der Waals surface area contributed by atoms with Crippen molar-refractivity contribution in [3.05, 3.63) is 41.3 Å². The van der Waals surface area contributed by atoms with E-state index in [1.807, 2.05) is 19.9 Å². The minimum atomic E-state index is -3.47. The van der Waals surface area contributed by atoms with Crippen LogP contribution in [0, 0.1) is 13.8 Å². The molecule has 2 saturated heterocycles. The Balaban J connectivity index is 1.38. The van der Waals surface area contributed by atoms with Crippen molar-refractivity contribution in [2.75, 3.05) is 25.4 Å². The molecule has 2 aromatic heterocycles. The van der Waals surface area contributed by atoms with Gasteiger partial charge in [-0.3, -0.25) is 4.79 Å². The van der Waals surface area contributed by atoms with Crippen LogP contribution in [0.5, 0.6) is 0 Å². The van der Waals surface area contributed by atoms with Crippen LogP contribution in [0.3, 0.4) is 0 Å². The first-order valence-corrected chi connectivity index (χ1v) is 13.2. The van der Waals surface area contributed by atoms with E-state index >= 15 is 0 Å². The van der Waals surface area contributed by atoms with E-state index < -0.39 is 10.0 Å². The highest BCUT2D eigenvalue weighted by Gasteiger charge is 2.27. The van der Waals surface area contributed by atoms with Gasteiger partial charge in [-0.1, -0.05) is 11.8 Å². The maximum atomic E-state index is 12.8. The number of hydrogen-bond donors (Lipinski definition) is 0. The molecule has 0 radical (unpaired) electrons. The molecule has 1 atom stereocenters. The number of ether oxygens (including phenoxy) is 1. The number of carbonyl (C=O) groups is 1. The summed E-state index contributed by atoms with van der Waals surface area (Å²) in [4.78, 5) is 17.3. The number of nitrogens with zero attached hydrogens (tertiary/aromatic N) is 3. The van der Waals surface area contributed by atoms with E-state index in [1.54, 1.807) is 12.1 Å². The minimum absolute atomic E-state index is 0.0484. The predicted molar refractivity (Wildman–Crippen MR) is 120 cm³/mol. The van der Waals surface area contributed by atoms with Crippen molar-refractivity contribution in [2.45, 2.75) is 62.1 Å². The van der Waals surface area contributed by atoms with Gasteiger partial charge in [-0.25, -0.2) is 13.4 Å². The molecule has 0 aliphatic carbocycles. The number of aromatic nitrogens is 2. The molecule has 9 heteroatoms. The third-order valence-electron chi connectivity index (χ3n) is 6.05. The van der Waals surface area contributed by atoms with Crippen molar-refractivity contribution in [2.24, 2.45) is 0 Å². The molecule has 0 aromatic carbocycles. The number of ketones is 1. The fourth-order valence-electron chi connectivity index (χ4n) is 4.26. The van der Waals surface area contributed by atoms with Gasteiger partial charge >= 0.3 is 0 Å². The lowest BCUT2D eigenvalue weighted by Gasteiger charge is -2.15. The number of aryl methyl sites for hydroxylation is 1. The smallest absolute Gasteiger partial charge is 0.244 e. The van der Waals surface area contributed by atoms with Gasteiger partial charge in [-0.2, -0.15) is 4.31 Å². The molecule has 0 N–H and O–H groups in total. The highest BCUT2D eigenvalue weighted by Crippen LogP contribution is 2.25. The Morgan fingerprint density at radius 2 is 2.00 bits per heavy atom. The molecule has 31 heavy (non-hydrogen) atoms. The number of Topliss-reactive ketones (excluding diaryl/α,β-unsaturated/α-hetero) is 1. The van der Waals surface area contributed by atoms with Crippen LogP contribution in [0.25, 0.3) is 0 Å². The van der Waals surface area contributed by atoms with E-state index in [-0.39, 0.29) is 22.5 Å². The molecule has 7 nitrogen and oxygen atoms in total. The van der Waals surface area contributed by atoms with Crippen LogP contribution in [0.15, 0.2) is 34.3 Å². The molecule has 0 amide bonds. The topological polar surface area (TPSA) is 81.5 Å². The summed E-state index contributed by atoms with van der Waals surface area (Å²) >= 11 is 1.33. The highest BCUT2D eigenvalue weighted by atomic mass is 32.2. The van der Waals surface area contributed by atoms with Gasteiger partial charge in [0.05, 0.1) is 16.9 Å². The molecular weight excluding hydrogens is 434 g/mol. The molecular formula is C22H29N3O4S2. The van der Waals surface area contributed by atoms with Gasteiger partial charge < -0.3 is 9.30 Å². The second kappa shape index (κ2) is 9.44. The minimum Gasteiger partial charge on any atom is -0.376 e. The molecule has 4 rings (SSSR count). The highest BCUT2D eigenvalue weighted by molar-refractivity contribution is 7.99. The van der Waals surface area contributed by atoms with E-state index in [1.165, 1.54) is 22.3 Å². The zero-order valence-corrected chi connectivity index (χ0v) is 19.7. The molecule has 0 unspecified atom stereocenters. The van der Waals surface area contributed by atoms with E-state index in [0.717, 1.165) is 55.8 Å². The first-order valence-electron chi connectivity index (χ1n) is 10.8. The van der Waals surface area contributed by atoms with Gasteiger partial charge in [-0.15, -0.1) is 0 Å². The maximum absolute atomic E-state index is 12.8. The van der Waals surface area contributed by atoms with E-state index in [0.29, 0.717) is 18.1 Å². The molecule has 2 fully saturated rings. The number of hydrogen-bond acceptors (Lipinski definition) is 6. The Morgan fingerprint density at radius 3 is 2.65 bits per heavy atom. The monoisotopic (exact) mass is 463 g/mol. The standard InChI is InChI=1S/C22H29N3O4S2/c1-16-12-20(17(2)25(16)14-18-6-5-11-29-18)21(26)15-30-22-8-7-19(13-23-22)31(27,28)24-9-3-4-10-24/h7-8,12-13,18H,3-6,9-11,14-15H2,1-2H3/t18-/m0/s1. The van der Waals surface area contributed by atoms with Crippen LogP contribution in [0.4, 0.5) is 0 Å². The number of thioether (sulfide) groups is 1. The summed E-state index contributed by atoms with van der Waals surface area (Å²) in [6.07, 6.45) is 5.58. The summed E-state index contributed by atoms with van der Waals surface area (Å²) in [6.45, 7) is 6.74. The molecule has 2 aliphatic heterocycles. The first kappa shape index (κ1) is 22.5. The van der Waals surface area contributed by atoms with Crippen molar-refractivity contribution in [3.8, 4) is 0 Å². The number of rotatable bonds is 8. The Bertz CT molecular complexity index is 1040. The Morgan fingerprint density at radius 1 is 1.23 bits per heavy atom. The van der Waals surface area contributed by atoms with E-state index in [4.69, 9.17) is 4.74 Å². The van der Waals surface area contributed by atoms with Crippen LogP contribution in [0.2, 0.25) is 0 Å². The quantitative estimate of drug-likeness (QED) is 0.441. The number of pyridine rings is 1. The summed E-state index contributed by atoms with van der Waals surface area (Å²) in [6, 6.07) is 5.22. The van der Waals surface area contributed by atoms with E-state index in [2.05, 4.69) is 9.55 Å². The summed E-state index contributed by atoms with van der Waals surface area (Å²) in [5.41, 5.74) is 2.77. The second-order valence-corrected chi connectivity index (χ2v) is 11.1. The van der Waals surface area contributed by atoms with Gasteiger partial charge in [0.15, 0.2) is 5.78 Å². The SMILES string of the molecule is Cc1cc(C(=O)CSc2ccc(S(=O)(=O)N3CCCC3)cn2)c(C)n1C[C@@H]1CCCO1. The number of carbonyl (C=O) groups excluding carboxylic acids is 1. The maximum Gasteiger partial charge on any atom is 0.244 e. The fraction of sp³-hybridized carbons (Fsp3) is 0.545. The molecule has 0 bridgehead atoms. The largest absolute Gasteiger partial charge is 0.376 e. The number of sulfonamides is 1. The van der Waals surface area contributed by atoms with Crippen LogP contribution in [-0.4, -0.2) is 59.6 Å². The fourth-order valence-corrected chi connectivity index (χ4v) is 6.44. The summed E-state index contributed by atoms with van der Waals surface area (Å²) in [5.74, 6) is 0.308. The molecule has 0 spiro atoms. The first-order chi connectivity index (χ1) is 14.9. The normalized spacial score (nSPS) is 19.9. The van der Waals surface area contributed by atoms with Crippen molar-refractivity contribution in [1.82, 2.24) is 13.9 Å². The molecule has 0 saturated carbocycles. The van der Waals surface area contributed by atoms with Gasteiger partial charge in [-0.05, 0) is 57.7 Å². The Kier molecular flexibility index (Phi) is 6.86. The third-order valence-corrected chi connectivity index (χ3v) is 8.87. The third kappa shape index (κ3) is 4.89. The van der Waals surface area contributed by atoms with Gasteiger partial charge in [0.25, 0.3) is 0 Å². The van der Waals surface area contributed by atoms with Crippen molar-refractivity contribution in [3.63, 3.8) is 0 Å². The van der Waals surface area contributed by atoms with Gasteiger partial charge in [0.2, 0.25) is 10.0 Å². The lowest BCUT2D eigenvalue weighted by Crippen LogP contribution is -2.27. The average Bonchev–Trinajstić information content (AvgIpc) is 3.52. The van der Waals surface area contributed by atoms with Gasteiger partial charge in [0.1, 0.15) is 4.90 Å². The van der Waals surface area contributed by atoms with Crippen molar-refractivity contribution < 1.29 is 17.9 Å². The Hall–Kier alpha value is -1.68. The molecule has 2 aromatic rings. The van der Waals surface area contributed by atoms with Crippen molar-refractivity contribution in [1.29, 1.82) is 0 Å². The summed E-state index contributed by atoms with van der Waals surface area (Å²) in [7, 11) is -3.47. The van der Waals surface area contributed by atoms with Crippen LogP contribution < -0.4 is 0 Å². The van der Waals surface area contributed by atoms with Crippen molar-refractivity contribution >= 4 is 27.6 Å². The molecule has 168 valence electrons. The second-order valence-electron chi connectivity index (χ2n) is 8.19. The Labute approximate surface area is 188 Å². The zero-order chi connectivity index (χ0) is 22.0. The lowest BCUT2D eigenvalue weighted by atomic mass is 10.2.